The van der Waals surface area contributed by atoms with Gasteiger partial charge in [-0.3, -0.25) is 0 Å². The Morgan fingerprint density at radius 3 is 2.62 bits per heavy atom. The van der Waals surface area contributed by atoms with Crippen LogP contribution < -0.4 is 0 Å². The molecule has 1 aliphatic carbocycles. The second-order valence-electron chi connectivity index (χ2n) is 3.86. The van der Waals surface area contributed by atoms with E-state index >= 15 is 0 Å². The van der Waals surface area contributed by atoms with Gasteiger partial charge in [0.05, 0.1) is 0 Å². The third-order valence-electron chi connectivity index (χ3n) is 2.87. The van der Waals surface area contributed by atoms with Crippen molar-refractivity contribution in [1.82, 2.24) is 0 Å². The van der Waals surface area contributed by atoms with Crippen molar-refractivity contribution < 1.29 is 10.2 Å². The molecule has 0 bridgehead atoms. The first kappa shape index (κ1) is 10.7. The van der Waals surface area contributed by atoms with Gasteiger partial charge in [0, 0.05) is 19.1 Å². The maximum atomic E-state index is 9.05. The van der Waals surface area contributed by atoms with Crippen LogP contribution in [0.3, 0.4) is 0 Å². The summed E-state index contributed by atoms with van der Waals surface area (Å²) in [7, 11) is 0. The van der Waals surface area contributed by atoms with Gasteiger partial charge in [-0.2, -0.15) is 0 Å². The summed E-state index contributed by atoms with van der Waals surface area (Å²) in [4.78, 5) is 0. The second-order valence-corrected chi connectivity index (χ2v) is 3.86. The van der Waals surface area contributed by atoms with Crippen LogP contribution >= 0.6 is 0 Å². The van der Waals surface area contributed by atoms with Crippen molar-refractivity contribution in [2.45, 2.75) is 32.1 Å². The summed E-state index contributed by atoms with van der Waals surface area (Å²) >= 11 is 0. The number of hydrogen-bond acceptors (Lipinski definition) is 2. The van der Waals surface area contributed by atoms with E-state index in [2.05, 4.69) is 12.2 Å². The summed E-state index contributed by atoms with van der Waals surface area (Å²) < 4.78 is 0. The summed E-state index contributed by atoms with van der Waals surface area (Å²) in [5, 5.41) is 18.1. The van der Waals surface area contributed by atoms with E-state index < -0.39 is 0 Å². The Bertz CT molecular complexity index is 150. The molecule has 0 heterocycles. The Morgan fingerprint density at radius 1 is 1.15 bits per heavy atom. The van der Waals surface area contributed by atoms with E-state index in [9.17, 15) is 0 Å². The lowest BCUT2D eigenvalue weighted by molar-refractivity contribution is 0.117. The first-order chi connectivity index (χ1) is 6.38. The summed E-state index contributed by atoms with van der Waals surface area (Å²) in [5.74, 6) is 0.435. The van der Waals surface area contributed by atoms with Gasteiger partial charge in [-0.1, -0.05) is 25.0 Å². The first-order valence-corrected chi connectivity index (χ1v) is 5.27. The number of aliphatic hydroxyl groups is 2. The molecule has 0 fully saturated rings. The van der Waals surface area contributed by atoms with Crippen molar-refractivity contribution in [3.05, 3.63) is 12.2 Å². The van der Waals surface area contributed by atoms with Crippen molar-refractivity contribution in [2.24, 2.45) is 11.8 Å². The molecule has 0 radical (unpaired) electrons. The van der Waals surface area contributed by atoms with E-state index in [4.69, 9.17) is 10.2 Å². The molecule has 0 saturated heterocycles. The minimum Gasteiger partial charge on any atom is -0.396 e. The topological polar surface area (TPSA) is 40.5 Å². The Hall–Kier alpha value is -0.340. The van der Waals surface area contributed by atoms with Gasteiger partial charge in [-0.25, -0.2) is 0 Å². The van der Waals surface area contributed by atoms with Gasteiger partial charge in [0.1, 0.15) is 0 Å². The number of hydrogen-bond donors (Lipinski definition) is 2. The van der Waals surface area contributed by atoms with Crippen LogP contribution in [0.5, 0.6) is 0 Å². The smallest absolute Gasteiger partial charge is 0.0486 e. The summed E-state index contributed by atoms with van der Waals surface area (Å²) in [5.41, 5.74) is 0. The summed E-state index contributed by atoms with van der Waals surface area (Å²) in [6, 6.07) is 0. The van der Waals surface area contributed by atoms with Crippen LogP contribution in [-0.4, -0.2) is 23.4 Å². The third kappa shape index (κ3) is 3.49. The lowest BCUT2D eigenvalue weighted by Gasteiger charge is -2.22. The van der Waals surface area contributed by atoms with Crippen LogP contribution in [0.1, 0.15) is 32.1 Å². The molecule has 0 aromatic rings. The third-order valence-corrected chi connectivity index (χ3v) is 2.87. The highest BCUT2D eigenvalue weighted by atomic mass is 16.3. The molecule has 2 heteroatoms. The van der Waals surface area contributed by atoms with Gasteiger partial charge in [-0.15, -0.1) is 0 Å². The Labute approximate surface area is 80.3 Å². The van der Waals surface area contributed by atoms with Crippen molar-refractivity contribution >= 4 is 0 Å². The molecule has 2 nitrogen and oxygen atoms in total. The minimum absolute atomic E-state index is 0.0503. The summed E-state index contributed by atoms with van der Waals surface area (Å²) in [6.07, 6.45) is 10.4. The molecule has 76 valence electrons. The Balaban J connectivity index is 2.48. The molecule has 1 unspecified atom stereocenters. The molecule has 2 N–H and O–H groups in total. The molecule has 0 aromatic heterocycles. The van der Waals surface area contributed by atoms with Gasteiger partial charge in [0.25, 0.3) is 0 Å². The van der Waals surface area contributed by atoms with Crippen LogP contribution in [0.2, 0.25) is 0 Å². The van der Waals surface area contributed by atoms with E-state index in [0.29, 0.717) is 5.92 Å². The van der Waals surface area contributed by atoms with Crippen LogP contribution in [0.15, 0.2) is 12.2 Å². The molecule has 0 aliphatic heterocycles. The summed E-state index contributed by atoms with van der Waals surface area (Å²) in [6.45, 7) is 0.205. The fourth-order valence-corrected chi connectivity index (χ4v) is 1.91. The molecule has 13 heavy (non-hydrogen) atoms. The van der Waals surface area contributed by atoms with E-state index in [1.54, 1.807) is 0 Å². The molecule has 1 atom stereocenters. The average molecular weight is 184 g/mol. The normalized spacial score (nSPS) is 24.4. The second kappa shape index (κ2) is 6.17. The largest absolute Gasteiger partial charge is 0.396 e. The van der Waals surface area contributed by atoms with E-state index in [0.717, 1.165) is 12.8 Å². The van der Waals surface area contributed by atoms with Gasteiger partial charge in [0.2, 0.25) is 0 Å². The average Bonchev–Trinajstić information content (AvgIpc) is 2.09. The van der Waals surface area contributed by atoms with E-state index in [1.165, 1.54) is 19.3 Å². The number of allylic oxidation sites excluding steroid dienone is 2. The maximum Gasteiger partial charge on any atom is 0.0486 e. The van der Waals surface area contributed by atoms with Gasteiger partial charge < -0.3 is 10.2 Å². The van der Waals surface area contributed by atoms with Crippen molar-refractivity contribution in [2.75, 3.05) is 13.2 Å². The standard InChI is InChI=1S/C11H20O2/c12-8-11(9-13)10-6-4-2-1-3-5-7-10/h4,6,10-13H,1-3,5,7-9H2. The van der Waals surface area contributed by atoms with Gasteiger partial charge in [-0.05, 0) is 25.2 Å². The van der Waals surface area contributed by atoms with Crippen LogP contribution in [0.4, 0.5) is 0 Å². The molecule has 0 spiro atoms. The lowest BCUT2D eigenvalue weighted by atomic mass is 9.86. The highest BCUT2D eigenvalue weighted by Gasteiger charge is 2.17. The van der Waals surface area contributed by atoms with Crippen LogP contribution in [0.25, 0.3) is 0 Å². The predicted molar refractivity (Wildman–Crippen MR) is 53.4 cm³/mol. The zero-order valence-corrected chi connectivity index (χ0v) is 8.15. The van der Waals surface area contributed by atoms with Crippen LogP contribution in [0, 0.1) is 11.8 Å². The fourth-order valence-electron chi connectivity index (χ4n) is 1.91. The van der Waals surface area contributed by atoms with Crippen molar-refractivity contribution in [1.29, 1.82) is 0 Å². The highest BCUT2D eigenvalue weighted by molar-refractivity contribution is 4.92. The zero-order valence-electron chi connectivity index (χ0n) is 8.15. The molecule has 0 amide bonds. The highest BCUT2D eigenvalue weighted by Crippen LogP contribution is 2.23. The van der Waals surface area contributed by atoms with E-state index in [1.807, 2.05) is 0 Å². The number of aliphatic hydroxyl groups excluding tert-OH is 2. The Morgan fingerprint density at radius 2 is 1.92 bits per heavy atom. The van der Waals surface area contributed by atoms with Gasteiger partial charge >= 0.3 is 0 Å². The van der Waals surface area contributed by atoms with Crippen LogP contribution in [-0.2, 0) is 0 Å². The first-order valence-electron chi connectivity index (χ1n) is 5.27. The zero-order chi connectivity index (χ0) is 9.52. The molecular formula is C11H20O2. The molecule has 1 rings (SSSR count). The SMILES string of the molecule is OCC(CO)C1C=CCCCCC1. The predicted octanol–water partition coefficient (Wildman–Crippen LogP) is 1.72. The quantitative estimate of drug-likeness (QED) is 0.656. The lowest BCUT2D eigenvalue weighted by Crippen LogP contribution is -2.21. The number of rotatable bonds is 3. The van der Waals surface area contributed by atoms with Gasteiger partial charge in [0.15, 0.2) is 0 Å². The minimum atomic E-state index is 0.0503. The van der Waals surface area contributed by atoms with E-state index in [-0.39, 0.29) is 19.1 Å². The molecule has 0 saturated carbocycles. The monoisotopic (exact) mass is 184 g/mol. The van der Waals surface area contributed by atoms with Crippen molar-refractivity contribution in [3.8, 4) is 0 Å². The fraction of sp³-hybridized carbons (Fsp3) is 0.818. The Kier molecular flexibility index (Phi) is 5.09. The molecule has 0 aromatic carbocycles. The van der Waals surface area contributed by atoms with Crippen molar-refractivity contribution in [3.63, 3.8) is 0 Å². The molecular weight excluding hydrogens is 164 g/mol. The maximum absolute atomic E-state index is 9.05. The molecule has 1 aliphatic rings.